The van der Waals surface area contributed by atoms with Crippen molar-refractivity contribution >= 4 is 5.91 Å². The Hall–Kier alpha value is -1.49. The standard InChI is InChI=1S/C11H15FN2O2/c1-7(2)9(15)6-14-11(16)8-3-4-13-10(12)5-8/h3-5,7,9,15H,6H2,1-2H3,(H,14,16). The Morgan fingerprint density at radius 3 is 2.88 bits per heavy atom. The predicted octanol–water partition coefficient (Wildman–Crippen LogP) is 0.967. The smallest absolute Gasteiger partial charge is 0.251 e. The number of aliphatic hydroxyl groups is 1. The minimum Gasteiger partial charge on any atom is -0.391 e. The summed E-state index contributed by atoms with van der Waals surface area (Å²) in [4.78, 5) is 14.9. The Morgan fingerprint density at radius 1 is 1.62 bits per heavy atom. The fourth-order valence-corrected chi connectivity index (χ4v) is 1.08. The highest BCUT2D eigenvalue weighted by Gasteiger charge is 2.12. The minimum absolute atomic E-state index is 0.0643. The van der Waals surface area contributed by atoms with E-state index in [1.54, 1.807) is 0 Å². The molecule has 0 saturated heterocycles. The number of halogens is 1. The van der Waals surface area contributed by atoms with E-state index in [0.717, 1.165) is 6.07 Å². The topological polar surface area (TPSA) is 62.2 Å². The summed E-state index contributed by atoms with van der Waals surface area (Å²) in [6.07, 6.45) is 0.624. The molecule has 0 spiro atoms. The van der Waals surface area contributed by atoms with Crippen molar-refractivity contribution in [3.63, 3.8) is 0 Å². The predicted molar refractivity (Wildman–Crippen MR) is 57.4 cm³/mol. The van der Waals surface area contributed by atoms with Crippen LogP contribution in [0.3, 0.4) is 0 Å². The number of aliphatic hydroxyl groups excluding tert-OH is 1. The molecule has 1 rings (SSSR count). The Labute approximate surface area is 93.5 Å². The van der Waals surface area contributed by atoms with Gasteiger partial charge < -0.3 is 10.4 Å². The van der Waals surface area contributed by atoms with Crippen molar-refractivity contribution in [1.29, 1.82) is 0 Å². The number of rotatable bonds is 4. The quantitative estimate of drug-likeness (QED) is 0.752. The number of hydrogen-bond acceptors (Lipinski definition) is 3. The number of hydrogen-bond donors (Lipinski definition) is 2. The monoisotopic (exact) mass is 226 g/mol. The molecule has 2 N–H and O–H groups in total. The molecular weight excluding hydrogens is 211 g/mol. The highest BCUT2D eigenvalue weighted by molar-refractivity contribution is 5.93. The van der Waals surface area contributed by atoms with E-state index in [4.69, 9.17) is 0 Å². The summed E-state index contributed by atoms with van der Waals surface area (Å²) in [5, 5.41) is 12.0. The van der Waals surface area contributed by atoms with Crippen molar-refractivity contribution in [2.24, 2.45) is 5.92 Å². The van der Waals surface area contributed by atoms with Crippen LogP contribution in [0.1, 0.15) is 24.2 Å². The molecule has 16 heavy (non-hydrogen) atoms. The number of pyridine rings is 1. The zero-order chi connectivity index (χ0) is 12.1. The van der Waals surface area contributed by atoms with Crippen LogP contribution in [0.5, 0.6) is 0 Å². The van der Waals surface area contributed by atoms with E-state index in [1.807, 2.05) is 13.8 Å². The van der Waals surface area contributed by atoms with Crippen molar-refractivity contribution in [2.45, 2.75) is 20.0 Å². The first kappa shape index (κ1) is 12.6. The van der Waals surface area contributed by atoms with E-state index < -0.39 is 18.0 Å². The molecule has 0 radical (unpaired) electrons. The van der Waals surface area contributed by atoms with Gasteiger partial charge in [-0.2, -0.15) is 4.39 Å². The second-order valence-corrected chi connectivity index (χ2v) is 3.89. The molecule has 1 amide bonds. The molecule has 0 aromatic carbocycles. The number of nitrogens with zero attached hydrogens (tertiary/aromatic N) is 1. The zero-order valence-electron chi connectivity index (χ0n) is 9.27. The Balaban J connectivity index is 2.53. The third kappa shape index (κ3) is 3.58. The number of amides is 1. The van der Waals surface area contributed by atoms with Crippen molar-refractivity contribution in [3.05, 3.63) is 29.8 Å². The lowest BCUT2D eigenvalue weighted by atomic mass is 10.1. The maximum absolute atomic E-state index is 12.7. The molecule has 88 valence electrons. The molecule has 1 aromatic rings. The molecule has 1 aromatic heterocycles. The molecule has 1 atom stereocenters. The van der Waals surface area contributed by atoms with Gasteiger partial charge in [-0.3, -0.25) is 4.79 Å². The van der Waals surface area contributed by atoms with E-state index in [0.29, 0.717) is 0 Å². The van der Waals surface area contributed by atoms with E-state index in [1.165, 1.54) is 12.3 Å². The maximum atomic E-state index is 12.7. The normalized spacial score (nSPS) is 12.6. The average molecular weight is 226 g/mol. The van der Waals surface area contributed by atoms with Gasteiger partial charge in [-0.25, -0.2) is 4.98 Å². The van der Waals surface area contributed by atoms with Gasteiger partial charge in [-0.1, -0.05) is 13.8 Å². The van der Waals surface area contributed by atoms with Crippen molar-refractivity contribution in [3.8, 4) is 0 Å². The SMILES string of the molecule is CC(C)C(O)CNC(=O)c1ccnc(F)c1. The lowest BCUT2D eigenvalue weighted by Gasteiger charge is -2.14. The van der Waals surface area contributed by atoms with E-state index in [-0.39, 0.29) is 18.0 Å². The van der Waals surface area contributed by atoms with Crippen LogP contribution in [0.15, 0.2) is 18.3 Å². The lowest BCUT2D eigenvalue weighted by molar-refractivity contribution is 0.0871. The minimum atomic E-state index is -0.697. The van der Waals surface area contributed by atoms with Gasteiger partial charge in [0, 0.05) is 24.4 Å². The van der Waals surface area contributed by atoms with Gasteiger partial charge in [0.2, 0.25) is 5.95 Å². The summed E-state index contributed by atoms with van der Waals surface area (Å²) in [5.41, 5.74) is 0.198. The van der Waals surface area contributed by atoms with Gasteiger partial charge in [0.1, 0.15) is 0 Å². The number of carbonyl (C=O) groups excluding carboxylic acids is 1. The molecule has 1 unspecified atom stereocenters. The highest BCUT2D eigenvalue weighted by Crippen LogP contribution is 2.02. The molecule has 5 heteroatoms. The summed E-state index contributed by atoms with van der Waals surface area (Å²) in [7, 11) is 0. The first-order valence-corrected chi connectivity index (χ1v) is 5.08. The van der Waals surface area contributed by atoms with Crippen LogP contribution in [-0.2, 0) is 0 Å². The van der Waals surface area contributed by atoms with E-state index in [2.05, 4.69) is 10.3 Å². The van der Waals surface area contributed by atoms with Crippen LogP contribution in [0.2, 0.25) is 0 Å². The van der Waals surface area contributed by atoms with E-state index in [9.17, 15) is 14.3 Å². The Bertz CT molecular complexity index is 369. The van der Waals surface area contributed by atoms with Crippen LogP contribution in [-0.4, -0.2) is 28.6 Å². The number of carbonyl (C=O) groups is 1. The van der Waals surface area contributed by atoms with Crippen LogP contribution >= 0.6 is 0 Å². The second-order valence-electron chi connectivity index (χ2n) is 3.89. The Morgan fingerprint density at radius 2 is 2.31 bits per heavy atom. The van der Waals surface area contributed by atoms with Crippen molar-refractivity contribution in [2.75, 3.05) is 6.54 Å². The summed E-state index contributed by atoms with van der Waals surface area (Å²) in [6, 6.07) is 2.47. The summed E-state index contributed by atoms with van der Waals surface area (Å²) < 4.78 is 12.7. The molecule has 1 heterocycles. The van der Waals surface area contributed by atoms with E-state index >= 15 is 0 Å². The fourth-order valence-electron chi connectivity index (χ4n) is 1.08. The van der Waals surface area contributed by atoms with Gasteiger partial charge in [-0.05, 0) is 12.0 Å². The maximum Gasteiger partial charge on any atom is 0.251 e. The third-order valence-electron chi connectivity index (χ3n) is 2.23. The summed E-state index contributed by atoms with van der Waals surface area (Å²) in [5.74, 6) is -1.05. The van der Waals surface area contributed by atoms with Gasteiger partial charge >= 0.3 is 0 Å². The van der Waals surface area contributed by atoms with Crippen molar-refractivity contribution in [1.82, 2.24) is 10.3 Å². The molecule has 0 aliphatic rings. The van der Waals surface area contributed by atoms with Crippen LogP contribution in [0.4, 0.5) is 4.39 Å². The molecule has 0 aliphatic heterocycles. The second kappa shape index (κ2) is 5.55. The van der Waals surface area contributed by atoms with Gasteiger partial charge in [0.05, 0.1) is 6.10 Å². The first-order valence-electron chi connectivity index (χ1n) is 5.08. The van der Waals surface area contributed by atoms with Crippen LogP contribution in [0, 0.1) is 11.9 Å². The number of nitrogens with one attached hydrogen (secondary N) is 1. The highest BCUT2D eigenvalue weighted by atomic mass is 19.1. The summed E-state index contributed by atoms with van der Waals surface area (Å²) >= 11 is 0. The third-order valence-corrected chi connectivity index (χ3v) is 2.23. The van der Waals surface area contributed by atoms with Crippen LogP contribution < -0.4 is 5.32 Å². The van der Waals surface area contributed by atoms with Gasteiger partial charge in [0.25, 0.3) is 5.91 Å². The number of aromatic nitrogens is 1. The first-order chi connectivity index (χ1) is 7.50. The molecule has 4 nitrogen and oxygen atoms in total. The van der Waals surface area contributed by atoms with Crippen LogP contribution in [0.25, 0.3) is 0 Å². The zero-order valence-corrected chi connectivity index (χ0v) is 9.27. The van der Waals surface area contributed by atoms with Crippen molar-refractivity contribution < 1.29 is 14.3 Å². The summed E-state index contributed by atoms with van der Waals surface area (Å²) in [6.45, 7) is 3.85. The molecule has 0 bridgehead atoms. The lowest BCUT2D eigenvalue weighted by Crippen LogP contribution is -2.34. The molecule has 0 fully saturated rings. The largest absolute Gasteiger partial charge is 0.391 e. The van der Waals surface area contributed by atoms with Gasteiger partial charge in [0.15, 0.2) is 0 Å². The molecule has 0 aliphatic carbocycles. The average Bonchev–Trinajstić information content (AvgIpc) is 2.25. The molecular formula is C11H15FN2O2. The molecule has 0 saturated carbocycles. The van der Waals surface area contributed by atoms with Gasteiger partial charge in [-0.15, -0.1) is 0 Å². The Kier molecular flexibility index (Phi) is 4.37. The fraction of sp³-hybridized carbons (Fsp3) is 0.455.